The van der Waals surface area contributed by atoms with Crippen molar-refractivity contribution in [2.75, 3.05) is 26.8 Å². The van der Waals surface area contributed by atoms with Crippen LogP contribution in [0, 0.1) is 11.3 Å². The van der Waals surface area contributed by atoms with E-state index in [0.29, 0.717) is 5.92 Å². The smallest absolute Gasteiger partial charge is 0.161 e. The highest BCUT2D eigenvalue weighted by atomic mass is 16.5. The highest BCUT2D eigenvalue weighted by Gasteiger charge is 2.52. The predicted molar refractivity (Wildman–Crippen MR) is 120 cm³/mol. The molecule has 0 amide bonds. The first kappa shape index (κ1) is 21.2. The maximum atomic E-state index is 11.2. The zero-order valence-corrected chi connectivity index (χ0v) is 18.7. The molecule has 1 saturated carbocycles. The van der Waals surface area contributed by atoms with E-state index in [4.69, 9.17) is 9.47 Å². The zero-order chi connectivity index (χ0) is 21.4. The summed E-state index contributed by atoms with van der Waals surface area (Å²) in [4.78, 5) is 2.47. The lowest BCUT2D eigenvalue weighted by Crippen LogP contribution is -2.46. The van der Waals surface area contributed by atoms with Crippen molar-refractivity contribution in [2.24, 2.45) is 11.3 Å². The maximum Gasteiger partial charge on any atom is 0.161 e. The summed E-state index contributed by atoms with van der Waals surface area (Å²) < 4.78 is 11.7. The van der Waals surface area contributed by atoms with E-state index in [9.17, 15) is 5.11 Å². The van der Waals surface area contributed by atoms with Gasteiger partial charge in [-0.15, -0.1) is 0 Å². The molecule has 0 bridgehead atoms. The lowest BCUT2D eigenvalue weighted by Gasteiger charge is -2.42. The fourth-order valence-electron chi connectivity index (χ4n) is 4.67. The molecule has 2 aromatic rings. The van der Waals surface area contributed by atoms with Gasteiger partial charge in [0.25, 0.3) is 0 Å². The van der Waals surface area contributed by atoms with Gasteiger partial charge in [-0.2, -0.15) is 0 Å². The fraction of sp³-hybridized carbons (Fsp3) is 0.538. The second-order valence-corrected chi connectivity index (χ2v) is 9.85. The molecule has 1 heterocycles. The van der Waals surface area contributed by atoms with Crippen LogP contribution in [-0.2, 0) is 6.54 Å². The number of ether oxygens (including phenoxy) is 2. The van der Waals surface area contributed by atoms with Crippen molar-refractivity contribution in [3.8, 4) is 11.5 Å². The van der Waals surface area contributed by atoms with Crippen molar-refractivity contribution in [3.05, 3.63) is 59.7 Å². The molecule has 2 aromatic carbocycles. The Morgan fingerprint density at radius 1 is 1.10 bits per heavy atom. The summed E-state index contributed by atoms with van der Waals surface area (Å²) in [7, 11) is 1.69. The van der Waals surface area contributed by atoms with Gasteiger partial charge in [-0.25, -0.2) is 0 Å². The van der Waals surface area contributed by atoms with Crippen LogP contribution in [0.3, 0.4) is 0 Å². The number of likely N-dealkylation sites (tertiary alicyclic amines) is 1. The molecule has 2 aliphatic rings. The Morgan fingerprint density at radius 3 is 2.47 bits per heavy atom. The molecule has 1 N–H and O–H groups in total. The van der Waals surface area contributed by atoms with E-state index in [1.54, 1.807) is 7.11 Å². The Balaban J connectivity index is 1.61. The minimum absolute atomic E-state index is 0.204. The van der Waals surface area contributed by atoms with Crippen molar-refractivity contribution in [3.63, 3.8) is 0 Å². The Hall–Kier alpha value is -2.04. The van der Waals surface area contributed by atoms with Crippen LogP contribution in [0.1, 0.15) is 50.7 Å². The van der Waals surface area contributed by atoms with E-state index in [-0.39, 0.29) is 11.3 Å². The summed E-state index contributed by atoms with van der Waals surface area (Å²) in [5, 5.41) is 11.2. The van der Waals surface area contributed by atoms with Gasteiger partial charge in [0, 0.05) is 31.0 Å². The first-order valence-electron chi connectivity index (χ1n) is 11.1. The third-order valence-electron chi connectivity index (χ3n) is 7.17. The van der Waals surface area contributed by atoms with Gasteiger partial charge in [-0.1, -0.05) is 43.3 Å². The molecule has 0 aromatic heterocycles. The predicted octanol–water partition coefficient (Wildman–Crippen LogP) is 4.86. The van der Waals surface area contributed by atoms with Crippen molar-refractivity contribution < 1.29 is 14.6 Å². The highest BCUT2D eigenvalue weighted by Crippen LogP contribution is 2.51. The molecule has 1 aliphatic heterocycles. The van der Waals surface area contributed by atoms with Crippen LogP contribution in [0.5, 0.6) is 11.5 Å². The first-order chi connectivity index (χ1) is 14.3. The topological polar surface area (TPSA) is 41.9 Å². The zero-order valence-electron chi connectivity index (χ0n) is 18.7. The standard InChI is InChI=1S/C26H35NO3/c1-25(2,28)26(3)18-27(15-19-8-6-5-7-9-19)16-22(26)21-12-13-23(29-4)24(14-21)30-17-20-10-11-20/h5-9,12-14,20,22,28H,10-11,15-18H2,1-4H3. The van der Waals surface area contributed by atoms with Gasteiger partial charge in [0.15, 0.2) is 11.5 Å². The monoisotopic (exact) mass is 409 g/mol. The number of rotatable bonds is 8. The largest absolute Gasteiger partial charge is 0.493 e. The molecule has 1 aliphatic carbocycles. The molecule has 4 nitrogen and oxygen atoms in total. The van der Waals surface area contributed by atoms with Gasteiger partial charge in [0.2, 0.25) is 0 Å². The average molecular weight is 410 g/mol. The van der Waals surface area contributed by atoms with Crippen molar-refractivity contribution in [2.45, 2.75) is 51.7 Å². The van der Waals surface area contributed by atoms with Crippen LogP contribution >= 0.6 is 0 Å². The molecule has 2 fully saturated rings. The van der Waals surface area contributed by atoms with Crippen LogP contribution < -0.4 is 9.47 Å². The second kappa shape index (κ2) is 8.24. The Labute approximate surface area is 180 Å². The van der Waals surface area contributed by atoms with E-state index < -0.39 is 5.60 Å². The lowest BCUT2D eigenvalue weighted by molar-refractivity contribution is -0.0478. The molecule has 30 heavy (non-hydrogen) atoms. The maximum absolute atomic E-state index is 11.2. The van der Waals surface area contributed by atoms with Gasteiger partial charge in [-0.3, -0.25) is 4.90 Å². The fourth-order valence-corrected chi connectivity index (χ4v) is 4.67. The van der Waals surface area contributed by atoms with Crippen LogP contribution in [0.15, 0.2) is 48.5 Å². The lowest BCUT2D eigenvalue weighted by atomic mass is 9.66. The number of hydrogen-bond donors (Lipinski definition) is 1. The molecule has 4 rings (SSSR count). The van der Waals surface area contributed by atoms with Crippen molar-refractivity contribution in [1.82, 2.24) is 4.90 Å². The molecule has 4 heteroatoms. The summed E-state index contributed by atoms with van der Waals surface area (Å²) in [5.41, 5.74) is 1.43. The highest BCUT2D eigenvalue weighted by molar-refractivity contribution is 5.45. The van der Waals surface area contributed by atoms with E-state index in [1.165, 1.54) is 24.0 Å². The Bertz CT molecular complexity index is 856. The van der Waals surface area contributed by atoms with Gasteiger partial charge >= 0.3 is 0 Å². The van der Waals surface area contributed by atoms with Crippen molar-refractivity contribution in [1.29, 1.82) is 0 Å². The number of benzene rings is 2. The second-order valence-electron chi connectivity index (χ2n) is 9.85. The number of hydrogen-bond acceptors (Lipinski definition) is 4. The summed E-state index contributed by atoms with van der Waals surface area (Å²) in [5.74, 6) is 2.49. The van der Waals surface area contributed by atoms with Gasteiger partial charge < -0.3 is 14.6 Å². The molecule has 2 atom stereocenters. The molecular formula is C26H35NO3. The quantitative estimate of drug-likeness (QED) is 0.676. The first-order valence-corrected chi connectivity index (χ1v) is 11.1. The Kier molecular flexibility index (Phi) is 5.82. The molecule has 0 radical (unpaired) electrons. The van der Waals surface area contributed by atoms with Gasteiger partial charge in [0.05, 0.1) is 19.3 Å². The van der Waals surface area contributed by atoms with E-state index >= 15 is 0 Å². The molecular weight excluding hydrogens is 374 g/mol. The summed E-state index contributed by atoms with van der Waals surface area (Å²) in [6.07, 6.45) is 2.52. The summed E-state index contributed by atoms with van der Waals surface area (Å²) in [6, 6.07) is 16.9. The number of aliphatic hydroxyl groups is 1. The van der Waals surface area contributed by atoms with E-state index in [0.717, 1.165) is 37.7 Å². The van der Waals surface area contributed by atoms with Crippen LogP contribution in [0.4, 0.5) is 0 Å². The van der Waals surface area contributed by atoms with Crippen LogP contribution in [0.2, 0.25) is 0 Å². The van der Waals surface area contributed by atoms with E-state index in [1.807, 2.05) is 19.9 Å². The molecule has 1 saturated heterocycles. The normalized spacial score (nSPS) is 24.8. The number of nitrogens with zero attached hydrogens (tertiary/aromatic N) is 1. The van der Waals surface area contributed by atoms with Crippen LogP contribution in [-0.4, -0.2) is 42.4 Å². The molecule has 0 spiro atoms. The van der Waals surface area contributed by atoms with Gasteiger partial charge in [-0.05, 0) is 55.9 Å². The van der Waals surface area contributed by atoms with Gasteiger partial charge in [0.1, 0.15) is 0 Å². The van der Waals surface area contributed by atoms with Crippen molar-refractivity contribution >= 4 is 0 Å². The number of methoxy groups -OCH3 is 1. The Morgan fingerprint density at radius 2 is 1.83 bits per heavy atom. The minimum atomic E-state index is -0.807. The van der Waals surface area contributed by atoms with E-state index in [2.05, 4.69) is 54.3 Å². The summed E-state index contributed by atoms with van der Waals surface area (Å²) >= 11 is 0. The molecule has 162 valence electrons. The molecule has 2 unspecified atom stereocenters. The SMILES string of the molecule is COc1ccc(C2CN(Cc3ccccc3)CC2(C)C(C)(C)O)cc1OCC1CC1. The minimum Gasteiger partial charge on any atom is -0.493 e. The average Bonchev–Trinajstić information content (AvgIpc) is 3.48. The third-order valence-corrected chi connectivity index (χ3v) is 7.17. The third kappa shape index (κ3) is 4.35. The van der Waals surface area contributed by atoms with Crippen LogP contribution in [0.25, 0.3) is 0 Å². The summed E-state index contributed by atoms with van der Waals surface area (Å²) in [6.45, 7) is 9.51.